The van der Waals surface area contributed by atoms with Crippen LogP contribution in [0, 0.1) is 5.92 Å². The van der Waals surface area contributed by atoms with Crippen molar-refractivity contribution in [2.24, 2.45) is 5.92 Å². The zero-order valence-electron chi connectivity index (χ0n) is 20.3. The van der Waals surface area contributed by atoms with Gasteiger partial charge in [0.25, 0.3) is 6.41 Å². The Kier molecular flexibility index (Phi) is 6.10. The average Bonchev–Trinajstić information content (AvgIpc) is 3.28. The number of hydrogen-bond donors (Lipinski definition) is 1. The lowest BCUT2D eigenvalue weighted by Gasteiger charge is -2.43. The van der Waals surface area contributed by atoms with Crippen LogP contribution in [0.4, 0.5) is 18.9 Å². The Morgan fingerprint density at radius 2 is 1.65 bits per heavy atom. The van der Waals surface area contributed by atoms with Gasteiger partial charge in [-0.15, -0.1) is 0 Å². The highest BCUT2D eigenvalue weighted by Crippen LogP contribution is 2.44. The van der Waals surface area contributed by atoms with E-state index in [2.05, 4.69) is 54.4 Å². The summed E-state index contributed by atoms with van der Waals surface area (Å²) in [6, 6.07) is 20.0. The molecule has 1 heterocycles. The Hall–Kier alpha value is -3.13. The highest BCUT2D eigenvalue weighted by atomic mass is 19.4. The molecule has 3 aliphatic rings. The minimum atomic E-state index is -4.37. The average molecular weight is 508 g/mol. The zero-order valence-corrected chi connectivity index (χ0v) is 20.3. The molecule has 3 aromatic rings. The number of anilines is 1. The molecule has 0 bridgehead atoms. The van der Waals surface area contributed by atoms with E-state index in [4.69, 9.17) is 14.5 Å². The first-order valence-electron chi connectivity index (χ1n) is 12.6. The lowest BCUT2D eigenvalue weighted by atomic mass is 9.75. The van der Waals surface area contributed by atoms with Crippen LogP contribution >= 0.6 is 0 Å². The normalized spacial score (nSPS) is 24.9. The zero-order chi connectivity index (χ0) is 25.6. The lowest BCUT2D eigenvalue weighted by molar-refractivity contribution is -0.468. The molecule has 2 fully saturated rings. The number of benzene rings is 3. The van der Waals surface area contributed by atoms with Crippen molar-refractivity contribution in [3.63, 3.8) is 0 Å². The second kappa shape index (κ2) is 9.31. The van der Waals surface area contributed by atoms with Crippen molar-refractivity contribution in [3.8, 4) is 11.1 Å². The number of allylic oxidation sites excluding steroid dienone is 1. The fourth-order valence-electron chi connectivity index (χ4n) is 5.68. The molecule has 7 heteroatoms. The molecule has 1 N–H and O–H groups in total. The maximum absolute atomic E-state index is 12.8. The van der Waals surface area contributed by atoms with Crippen molar-refractivity contribution in [2.45, 2.75) is 50.3 Å². The minimum Gasteiger partial charge on any atom is -0.335 e. The predicted molar refractivity (Wildman–Crippen MR) is 135 cm³/mol. The fourth-order valence-corrected chi connectivity index (χ4v) is 5.68. The predicted octanol–water partition coefficient (Wildman–Crippen LogP) is 7.59. The summed E-state index contributed by atoms with van der Waals surface area (Å²) in [5, 5.41) is 2.91. The molecule has 4 nitrogen and oxygen atoms in total. The molecule has 0 radical (unpaired) electrons. The van der Waals surface area contributed by atoms with Crippen LogP contribution in [-0.4, -0.2) is 18.6 Å². The quantitative estimate of drug-likeness (QED) is 0.289. The van der Waals surface area contributed by atoms with E-state index in [-0.39, 0.29) is 0 Å². The van der Waals surface area contributed by atoms with E-state index in [1.807, 2.05) is 0 Å². The standard InChI is InChI=1S/C30H28F3NO3/c1-19(21-6-11-27-23(16-21)17-22-4-2-3-5-26(22)27)20-12-14-29(15-13-20)18-35-28(36-37-29)34-25-9-7-24(8-10-25)30(31,32)33/h2-11,16,20,28,34H,1,12-15,17-18H2. The summed E-state index contributed by atoms with van der Waals surface area (Å²) in [5.74, 6) is 0.360. The smallest absolute Gasteiger partial charge is 0.335 e. The minimum absolute atomic E-state index is 0.349. The third kappa shape index (κ3) is 4.79. The van der Waals surface area contributed by atoms with Crippen LogP contribution in [0.3, 0.4) is 0 Å². The van der Waals surface area contributed by atoms with E-state index in [1.54, 1.807) is 0 Å². The van der Waals surface area contributed by atoms with Crippen molar-refractivity contribution in [3.05, 3.63) is 95.6 Å². The topological polar surface area (TPSA) is 39.7 Å². The molecule has 0 aromatic heterocycles. The van der Waals surface area contributed by atoms with Gasteiger partial charge in [-0.25, -0.2) is 4.89 Å². The van der Waals surface area contributed by atoms with Gasteiger partial charge in [0.15, 0.2) is 0 Å². The van der Waals surface area contributed by atoms with Gasteiger partial charge in [0, 0.05) is 5.69 Å². The van der Waals surface area contributed by atoms with E-state index < -0.39 is 23.8 Å². The third-order valence-electron chi connectivity index (χ3n) is 7.86. The maximum atomic E-state index is 12.8. The molecule has 1 atom stereocenters. The van der Waals surface area contributed by atoms with E-state index >= 15 is 0 Å². The van der Waals surface area contributed by atoms with Crippen LogP contribution < -0.4 is 5.32 Å². The number of fused-ring (bicyclic) bond motifs is 3. The van der Waals surface area contributed by atoms with Gasteiger partial charge in [-0.3, -0.25) is 0 Å². The number of ether oxygens (including phenoxy) is 1. The van der Waals surface area contributed by atoms with Gasteiger partial charge in [-0.05, 0) is 95.7 Å². The van der Waals surface area contributed by atoms with E-state index in [9.17, 15) is 13.2 Å². The molecule has 2 aliphatic carbocycles. The van der Waals surface area contributed by atoms with Gasteiger partial charge in [0.1, 0.15) is 5.60 Å². The third-order valence-corrected chi connectivity index (χ3v) is 7.86. The van der Waals surface area contributed by atoms with Crippen LogP contribution in [0.25, 0.3) is 16.7 Å². The number of alkyl halides is 3. The summed E-state index contributed by atoms with van der Waals surface area (Å²) in [5.41, 5.74) is 6.97. The van der Waals surface area contributed by atoms with Crippen LogP contribution in [0.5, 0.6) is 0 Å². The number of rotatable bonds is 4. The Labute approximate surface area is 214 Å². The Morgan fingerprint density at radius 3 is 2.35 bits per heavy atom. The van der Waals surface area contributed by atoms with Crippen LogP contribution in [0.2, 0.25) is 0 Å². The van der Waals surface area contributed by atoms with E-state index in [1.165, 1.54) is 39.9 Å². The monoisotopic (exact) mass is 507 g/mol. The Morgan fingerprint density at radius 1 is 0.919 bits per heavy atom. The first-order valence-corrected chi connectivity index (χ1v) is 12.6. The molecule has 1 saturated heterocycles. The van der Waals surface area contributed by atoms with Crippen molar-refractivity contribution >= 4 is 11.3 Å². The first-order chi connectivity index (χ1) is 17.8. The molecule has 3 aromatic carbocycles. The number of nitrogens with one attached hydrogen (secondary N) is 1. The summed E-state index contributed by atoms with van der Waals surface area (Å²) < 4.78 is 44.1. The number of halogens is 3. The first kappa shape index (κ1) is 24.2. The van der Waals surface area contributed by atoms with Crippen molar-refractivity contribution < 1.29 is 27.7 Å². The molecular weight excluding hydrogens is 479 g/mol. The molecular formula is C30H28F3NO3. The van der Waals surface area contributed by atoms with Crippen LogP contribution in [0.1, 0.15) is 47.9 Å². The maximum Gasteiger partial charge on any atom is 0.416 e. The molecule has 6 rings (SSSR count). The van der Waals surface area contributed by atoms with Crippen molar-refractivity contribution in [1.29, 1.82) is 0 Å². The summed E-state index contributed by atoms with van der Waals surface area (Å²) >= 11 is 0. The van der Waals surface area contributed by atoms with Crippen LogP contribution in [-0.2, 0) is 27.1 Å². The molecule has 0 amide bonds. The SMILES string of the molecule is C=C(c1ccc2c(c1)Cc1ccccc1-2)C1CCC2(CC1)COC(Nc1ccc(C(F)(F)F)cc1)OO2. The summed E-state index contributed by atoms with van der Waals surface area (Å²) in [6.45, 7) is 4.80. The van der Waals surface area contributed by atoms with Gasteiger partial charge in [0.2, 0.25) is 0 Å². The molecule has 1 aliphatic heterocycles. The second-order valence-corrected chi connectivity index (χ2v) is 10.2. The largest absolute Gasteiger partial charge is 0.416 e. The van der Waals surface area contributed by atoms with Gasteiger partial charge < -0.3 is 10.1 Å². The van der Waals surface area contributed by atoms with Crippen molar-refractivity contribution in [2.75, 3.05) is 11.9 Å². The highest BCUT2D eigenvalue weighted by Gasteiger charge is 2.43. The van der Waals surface area contributed by atoms with E-state index in [0.717, 1.165) is 49.8 Å². The lowest BCUT2D eigenvalue weighted by Crippen LogP contribution is -2.49. The van der Waals surface area contributed by atoms with Crippen LogP contribution in [0.15, 0.2) is 73.3 Å². The molecule has 1 saturated carbocycles. The van der Waals surface area contributed by atoms with Gasteiger partial charge >= 0.3 is 6.18 Å². The van der Waals surface area contributed by atoms with E-state index in [0.29, 0.717) is 18.2 Å². The molecule has 37 heavy (non-hydrogen) atoms. The highest BCUT2D eigenvalue weighted by molar-refractivity contribution is 5.79. The second-order valence-electron chi connectivity index (χ2n) is 10.2. The van der Waals surface area contributed by atoms with Crippen molar-refractivity contribution in [1.82, 2.24) is 0 Å². The summed E-state index contributed by atoms with van der Waals surface area (Å²) in [7, 11) is 0. The van der Waals surface area contributed by atoms with Gasteiger partial charge in [0.05, 0.1) is 12.2 Å². The van der Waals surface area contributed by atoms with Gasteiger partial charge in [-0.2, -0.15) is 18.1 Å². The molecule has 192 valence electrons. The summed E-state index contributed by atoms with van der Waals surface area (Å²) in [6.07, 6.45) is -0.905. The van der Waals surface area contributed by atoms with Gasteiger partial charge in [-0.1, -0.05) is 49.0 Å². The summed E-state index contributed by atoms with van der Waals surface area (Å²) in [4.78, 5) is 11.3. The Balaban J connectivity index is 1.02. The number of hydrogen-bond acceptors (Lipinski definition) is 4. The molecule has 1 unspecified atom stereocenters. The Bertz CT molecular complexity index is 1300. The molecule has 1 spiro atoms. The fraction of sp³-hybridized carbons (Fsp3) is 0.333.